The molecule has 112 valence electrons. The lowest BCUT2D eigenvalue weighted by Crippen LogP contribution is -2.27. The second kappa shape index (κ2) is 5.34. The zero-order valence-electron chi connectivity index (χ0n) is 12.5. The molecule has 0 saturated heterocycles. The number of carbonyl (C=O) groups is 2. The van der Waals surface area contributed by atoms with Crippen molar-refractivity contribution in [2.24, 2.45) is 11.8 Å². The van der Waals surface area contributed by atoms with Crippen molar-refractivity contribution >= 4 is 17.3 Å². The molecule has 0 spiro atoms. The van der Waals surface area contributed by atoms with E-state index < -0.39 is 0 Å². The van der Waals surface area contributed by atoms with Crippen LogP contribution in [0, 0.1) is 23.2 Å². The standard InChI is InChI=1S/C16H16N4O2/c1-8(2)9-3-10(9)11-4-13(19-20-14(11)6-17)12-7-18-16(22)5-15(12)21/h4,7-10H,3,5H2,1-2H3,(H,18,22)/t9?,10-/m0/s1. The van der Waals surface area contributed by atoms with Gasteiger partial charge >= 0.3 is 0 Å². The van der Waals surface area contributed by atoms with Crippen LogP contribution < -0.4 is 5.32 Å². The third-order valence-corrected chi connectivity index (χ3v) is 4.30. The van der Waals surface area contributed by atoms with Crippen LogP contribution in [0.4, 0.5) is 0 Å². The van der Waals surface area contributed by atoms with Gasteiger partial charge in [0.1, 0.15) is 6.07 Å². The molecule has 1 aromatic heterocycles. The molecule has 22 heavy (non-hydrogen) atoms. The lowest BCUT2D eigenvalue weighted by molar-refractivity contribution is -0.125. The Bertz CT molecular complexity index is 730. The van der Waals surface area contributed by atoms with Crippen molar-refractivity contribution in [3.63, 3.8) is 0 Å². The summed E-state index contributed by atoms with van der Waals surface area (Å²) < 4.78 is 0. The lowest BCUT2D eigenvalue weighted by atomic mass is 9.98. The summed E-state index contributed by atoms with van der Waals surface area (Å²) >= 11 is 0. The smallest absolute Gasteiger partial charge is 0.231 e. The number of carbonyl (C=O) groups excluding carboxylic acids is 2. The van der Waals surface area contributed by atoms with E-state index >= 15 is 0 Å². The van der Waals surface area contributed by atoms with Crippen LogP contribution in [-0.4, -0.2) is 21.9 Å². The van der Waals surface area contributed by atoms with Crippen molar-refractivity contribution in [3.05, 3.63) is 29.2 Å². The Kier molecular flexibility index (Phi) is 3.49. The van der Waals surface area contributed by atoms with Crippen molar-refractivity contribution in [2.45, 2.75) is 32.6 Å². The SMILES string of the molecule is CC(C)C1C[C@@H]1c1cc(C2=CNC(=O)CC2=O)nnc1C#N. The number of nitrogens with one attached hydrogen (secondary N) is 1. The summed E-state index contributed by atoms with van der Waals surface area (Å²) in [6.07, 6.45) is 2.23. The number of ketones is 1. The Labute approximate surface area is 128 Å². The molecular weight excluding hydrogens is 280 g/mol. The lowest BCUT2D eigenvalue weighted by Gasteiger charge is -2.12. The molecule has 2 atom stereocenters. The number of amides is 1. The quantitative estimate of drug-likeness (QED) is 0.853. The molecule has 1 aromatic rings. The highest BCUT2D eigenvalue weighted by Crippen LogP contribution is 2.52. The summed E-state index contributed by atoms with van der Waals surface area (Å²) in [6.45, 7) is 4.32. The van der Waals surface area contributed by atoms with Crippen LogP contribution in [-0.2, 0) is 9.59 Å². The third-order valence-electron chi connectivity index (χ3n) is 4.30. The second-order valence-corrected chi connectivity index (χ2v) is 6.12. The number of rotatable bonds is 3. The maximum atomic E-state index is 12.0. The summed E-state index contributed by atoms with van der Waals surface area (Å²) in [7, 11) is 0. The molecule has 2 heterocycles. The fraction of sp³-hybridized carbons (Fsp3) is 0.438. The average molecular weight is 296 g/mol. The number of hydrogen-bond donors (Lipinski definition) is 1. The maximum Gasteiger partial charge on any atom is 0.231 e. The normalized spacial score (nSPS) is 23.8. The van der Waals surface area contributed by atoms with Gasteiger partial charge in [-0.25, -0.2) is 0 Å². The number of allylic oxidation sites excluding steroid dienone is 1. The second-order valence-electron chi connectivity index (χ2n) is 6.12. The summed E-state index contributed by atoms with van der Waals surface area (Å²) in [4.78, 5) is 23.2. The highest BCUT2D eigenvalue weighted by molar-refractivity contribution is 6.27. The molecule has 6 nitrogen and oxygen atoms in total. The monoisotopic (exact) mass is 296 g/mol. The Hall–Kier alpha value is -2.55. The van der Waals surface area contributed by atoms with Gasteiger partial charge in [-0.15, -0.1) is 10.2 Å². The number of aromatic nitrogens is 2. The molecule has 6 heteroatoms. The molecule has 1 saturated carbocycles. The van der Waals surface area contributed by atoms with Crippen molar-refractivity contribution in [2.75, 3.05) is 0 Å². The van der Waals surface area contributed by atoms with Gasteiger partial charge in [0, 0.05) is 6.20 Å². The molecule has 1 aliphatic heterocycles. The molecule has 1 aliphatic carbocycles. The van der Waals surface area contributed by atoms with Crippen LogP contribution in [0.2, 0.25) is 0 Å². The van der Waals surface area contributed by atoms with E-state index in [1.807, 2.05) is 0 Å². The Morgan fingerprint density at radius 3 is 2.73 bits per heavy atom. The summed E-state index contributed by atoms with van der Waals surface area (Å²) in [5.74, 6) is 0.795. The Balaban J connectivity index is 1.97. The minimum atomic E-state index is -0.322. The van der Waals surface area contributed by atoms with Crippen molar-refractivity contribution in [3.8, 4) is 6.07 Å². The number of nitrogens with zero attached hydrogens (tertiary/aromatic N) is 3. The highest BCUT2D eigenvalue weighted by Gasteiger charge is 2.42. The third kappa shape index (κ3) is 2.50. The minimum absolute atomic E-state index is 0.180. The first-order valence-electron chi connectivity index (χ1n) is 7.32. The van der Waals surface area contributed by atoms with Gasteiger partial charge in [0.25, 0.3) is 0 Å². The Morgan fingerprint density at radius 2 is 2.14 bits per heavy atom. The number of Topliss-reactive ketones (excluding diaryl/α,β-unsaturated/α-hetero) is 1. The van der Waals surface area contributed by atoms with E-state index in [0.717, 1.165) is 12.0 Å². The number of hydrogen-bond acceptors (Lipinski definition) is 5. The van der Waals surface area contributed by atoms with E-state index in [1.165, 1.54) is 6.20 Å². The van der Waals surface area contributed by atoms with Crippen LogP contribution in [0.3, 0.4) is 0 Å². The average Bonchev–Trinajstić information content (AvgIpc) is 3.27. The molecule has 0 radical (unpaired) electrons. The summed E-state index contributed by atoms with van der Waals surface area (Å²) in [6, 6.07) is 3.85. The van der Waals surface area contributed by atoms with Gasteiger partial charge in [0.15, 0.2) is 11.5 Å². The summed E-state index contributed by atoms with van der Waals surface area (Å²) in [5, 5.41) is 19.7. The predicted molar refractivity (Wildman–Crippen MR) is 78.2 cm³/mol. The first kappa shape index (κ1) is 14.4. The number of nitriles is 1. The van der Waals surface area contributed by atoms with Gasteiger partial charge in [-0.1, -0.05) is 13.8 Å². The van der Waals surface area contributed by atoms with Gasteiger partial charge in [-0.05, 0) is 35.8 Å². The largest absolute Gasteiger partial charge is 0.331 e. The maximum absolute atomic E-state index is 12.0. The van der Waals surface area contributed by atoms with Crippen LogP contribution in [0.25, 0.3) is 5.57 Å². The van der Waals surface area contributed by atoms with Crippen LogP contribution in [0.15, 0.2) is 12.3 Å². The van der Waals surface area contributed by atoms with Crippen molar-refractivity contribution in [1.82, 2.24) is 15.5 Å². The molecule has 1 N–H and O–H groups in total. The molecular formula is C16H16N4O2. The molecule has 1 amide bonds. The van der Waals surface area contributed by atoms with Crippen molar-refractivity contribution < 1.29 is 9.59 Å². The van der Waals surface area contributed by atoms with Gasteiger partial charge in [-0.3, -0.25) is 9.59 Å². The van der Waals surface area contributed by atoms with Gasteiger partial charge in [-0.2, -0.15) is 5.26 Å². The molecule has 1 fully saturated rings. The predicted octanol–water partition coefficient (Wildman–Crippen LogP) is 1.54. The molecule has 2 aliphatic rings. The molecule has 1 unspecified atom stereocenters. The topological polar surface area (TPSA) is 95.7 Å². The fourth-order valence-electron chi connectivity index (χ4n) is 2.96. The van der Waals surface area contributed by atoms with Crippen molar-refractivity contribution in [1.29, 1.82) is 5.26 Å². The van der Waals surface area contributed by atoms with E-state index in [2.05, 4.69) is 35.4 Å². The van der Waals surface area contributed by atoms with Crippen LogP contribution >= 0.6 is 0 Å². The van der Waals surface area contributed by atoms with E-state index in [4.69, 9.17) is 0 Å². The zero-order chi connectivity index (χ0) is 15.9. The van der Waals surface area contributed by atoms with E-state index in [1.54, 1.807) is 6.07 Å². The first-order chi connectivity index (χ1) is 10.5. The summed E-state index contributed by atoms with van der Waals surface area (Å²) in [5.41, 5.74) is 1.95. The highest BCUT2D eigenvalue weighted by atomic mass is 16.2. The van der Waals surface area contributed by atoms with Gasteiger partial charge < -0.3 is 5.32 Å². The van der Waals surface area contributed by atoms with E-state index in [-0.39, 0.29) is 18.1 Å². The Morgan fingerprint density at radius 1 is 1.36 bits per heavy atom. The molecule has 0 aromatic carbocycles. The van der Waals surface area contributed by atoms with Gasteiger partial charge in [0.05, 0.1) is 17.7 Å². The van der Waals surface area contributed by atoms with E-state index in [0.29, 0.717) is 34.7 Å². The van der Waals surface area contributed by atoms with Gasteiger partial charge in [0.2, 0.25) is 5.91 Å². The molecule has 3 rings (SSSR count). The molecule has 0 bridgehead atoms. The van der Waals surface area contributed by atoms with E-state index in [9.17, 15) is 14.9 Å². The van der Waals surface area contributed by atoms with Crippen LogP contribution in [0.1, 0.15) is 49.6 Å². The fourth-order valence-corrected chi connectivity index (χ4v) is 2.96. The minimum Gasteiger partial charge on any atom is -0.331 e. The van der Waals surface area contributed by atoms with Crippen LogP contribution in [0.5, 0.6) is 0 Å². The zero-order valence-corrected chi connectivity index (χ0v) is 12.5. The first-order valence-corrected chi connectivity index (χ1v) is 7.32.